The maximum Gasteiger partial charge on any atom is 0.266 e. The van der Waals surface area contributed by atoms with Crippen LogP contribution in [0.2, 0.25) is 0 Å². The molecule has 7 heteroatoms. The van der Waals surface area contributed by atoms with Gasteiger partial charge in [-0.25, -0.2) is 9.97 Å². The molecule has 1 aliphatic heterocycles. The number of benzene rings is 1. The lowest BCUT2D eigenvalue weighted by atomic mass is 10.2. The van der Waals surface area contributed by atoms with E-state index < -0.39 is 0 Å². The molecule has 3 heterocycles. The molecule has 0 amide bonds. The Morgan fingerprint density at radius 2 is 1.96 bits per heavy atom. The fraction of sp³-hybridized carbons (Fsp3) is 0.350. The van der Waals surface area contributed by atoms with Crippen LogP contribution >= 0.6 is 0 Å². The number of fused-ring (bicyclic) bond motifs is 1. The first kappa shape index (κ1) is 17.6. The molecular formula is C20H23N5O2. The number of ether oxygens (including phenoxy) is 1. The molecule has 0 radical (unpaired) electrons. The van der Waals surface area contributed by atoms with E-state index in [1.807, 2.05) is 43.3 Å². The van der Waals surface area contributed by atoms with Crippen molar-refractivity contribution in [2.75, 3.05) is 32.8 Å². The summed E-state index contributed by atoms with van der Waals surface area (Å²) >= 11 is 0. The number of nitrogens with one attached hydrogen (secondary N) is 1. The molecule has 27 heavy (non-hydrogen) atoms. The van der Waals surface area contributed by atoms with E-state index in [1.54, 1.807) is 10.8 Å². The van der Waals surface area contributed by atoms with Gasteiger partial charge in [-0.1, -0.05) is 12.1 Å². The number of nitrogens with zero attached hydrogens (tertiary/aromatic N) is 4. The zero-order valence-corrected chi connectivity index (χ0v) is 15.4. The summed E-state index contributed by atoms with van der Waals surface area (Å²) in [6, 6.07) is 11.1. The van der Waals surface area contributed by atoms with E-state index in [4.69, 9.17) is 9.72 Å². The van der Waals surface area contributed by atoms with Gasteiger partial charge < -0.3 is 10.1 Å². The van der Waals surface area contributed by atoms with Gasteiger partial charge in [0.2, 0.25) is 5.88 Å². The van der Waals surface area contributed by atoms with E-state index >= 15 is 0 Å². The topological polar surface area (TPSA) is 72.3 Å². The van der Waals surface area contributed by atoms with Crippen LogP contribution in [-0.4, -0.2) is 52.2 Å². The molecule has 0 bridgehead atoms. The Morgan fingerprint density at radius 1 is 1.15 bits per heavy atom. The van der Waals surface area contributed by atoms with Crippen LogP contribution in [0.1, 0.15) is 12.7 Å². The van der Waals surface area contributed by atoms with Crippen molar-refractivity contribution in [2.45, 2.75) is 13.5 Å². The van der Waals surface area contributed by atoms with Crippen LogP contribution in [0.4, 0.5) is 0 Å². The lowest BCUT2D eigenvalue weighted by Gasteiger charge is -2.28. The van der Waals surface area contributed by atoms with Crippen molar-refractivity contribution in [3.63, 3.8) is 0 Å². The number of aromatic nitrogens is 3. The number of hydrogen-bond acceptors (Lipinski definition) is 6. The highest BCUT2D eigenvalue weighted by Crippen LogP contribution is 2.21. The number of para-hydroxylation sites is 1. The highest BCUT2D eigenvalue weighted by Gasteiger charge is 2.19. The van der Waals surface area contributed by atoms with E-state index in [0.717, 1.165) is 26.2 Å². The molecule has 140 valence electrons. The molecule has 4 rings (SSSR count). The van der Waals surface area contributed by atoms with E-state index in [0.29, 0.717) is 41.4 Å². The van der Waals surface area contributed by atoms with Gasteiger partial charge in [0.15, 0.2) is 0 Å². The minimum atomic E-state index is -0.0975. The molecule has 7 nitrogen and oxygen atoms in total. The monoisotopic (exact) mass is 365 g/mol. The zero-order chi connectivity index (χ0) is 18.6. The molecule has 2 aromatic heterocycles. The van der Waals surface area contributed by atoms with Gasteiger partial charge >= 0.3 is 0 Å². The van der Waals surface area contributed by atoms with Crippen LogP contribution in [0.3, 0.4) is 0 Å². The molecule has 1 fully saturated rings. The van der Waals surface area contributed by atoms with Crippen molar-refractivity contribution in [1.82, 2.24) is 24.8 Å². The van der Waals surface area contributed by atoms with Gasteiger partial charge in [-0.3, -0.25) is 14.3 Å². The summed E-state index contributed by atoms with van der Waals surface area (Å²) in [5.74, 6) is 1.15. The maximum absolute atomic E-state index is 13.4. The second kappa shape index (κ2) is 7.85. The van der Waals surface area contributed by atoms with Crippen LogP contribution in [0.5, 0.6) is 5.88 Å². The first-order valence-electron chi connectivity index (χ1n) is 9.30. The van der Waals surface area contributed by atoms with Gasteiger partial charge in [0.25, 0.3) is 5.56 Å². The Labute approximate surface area is 157 Å². The highest BCUT2D eigenvalue weighted by molar-refractivity contribution is 5.78. The number of piperazine rings is 1. The third-order valence-electron chi connectivity index (χ3n) is 4.69. The average molecular weight is 365 g/mol. The van der Waals surface area contributed by atoms with Crippen molar-refractivity contribution in [2.24, 2.45) is 0 Å². The van der Waals surface area contributed by atoms with Crippen LogP contribution in [0.15, 0.2) is 47.4 Å². The van der Waals surface area contributed by atoms with E-state index in [9.17, 15) is 4.79 Å². The summed E-state index contributed by atoms with van der Waals surface area (Å²) in [5, 5.41) is 3.94. The van der Waals surface area contributed by atoms with Crippen LogP contribution < -0.4 is 15.6 Å². The molecule has 1 aromatic carbocycles. The number of hydrogen-bond donors (Lipinski definition) is 1. The quantitative estimate of drug-likeness (QED) is 0.740. The SMILES string of the molecule is CCOc1ncccc1-n1c(CN2CCNCC2)nc2ccccc2c1=O. The summed E-state index contributed by atoms with van der Waals surface area (Å²) in [6.07, 6.45) is 1.67. The van der Waals surface area contributed by atoms with Crippen molar-refractivity contribution in [1.29, 1.82) is 0 Å². The minimum Gasteiger partial charge on any atom is -0.476 e. The fourth-order valence-electron chi connectivity index (χ4n) is 3.40. The zero-order valence-electron chi connectivity index (χ0n) is 15.4. The van der Waals surface area contributed by atoms with Gasteiger partial charge in [-0.05, 0) is 31.2 Å². The van der Waals surface area contributed by atoms with Crippen LogP contribution in [-0.2, 0) is 6.54 Å². The second-order valence-electron chi connectivity index (χ2n) is 6.47. The van der Waals surface area contributed by atoms with Gasteiger partial charge in [-0.2, -0.15) is 0 Å². The average Bonchev–Trinajstić information content (AvgIpc) is 2.70. The van der Waals surface area contributed by atoms with E-state index in [1.165, 1.54) is 0 Å². The Morgan fingerprint density at radius 3 is 2.78 bits per heavy atom. The molecule has 0 unspecified atom stereocenters. The van der Waals surface area contributed by atoms with Crippen LogP contribution in [0.25, 0.3) is 16.6 Å². The van der Waals surface area contributed by atoms with Gasteiger partial charge in [0.05, 0.1) is 24.1 Å². The Hall–Kier alpha value is -2.77. The predicted octanol–water partition coefficient (Wildman–Crippen LogP) is 1.58. The molecular weight excluding hydrogens is 342 g/mol. The molecule has 0 spiro atoms. The summed E-state index contributed by atoms with van der Waals surface area (Å²) in [4.78, 5) is 24.8. The molecule has 0 atom stereocenters. The lowest BCUT2D eigenvalue weighted by Crippen LogP contribution is -2.44. The second-order valence-corrected chi connectivity index (χ2v) is 6.47. The predicted molar refractivity (Wildman–Crippen MR) is 104 cm³/mol. The first-order valence-corrected chi connectivity index (χ1v) is 9.30. The Balaban J connectivity index is 1.90. The third-order valence-corrected chi connectivity index (χ3v) is 4.69. The molecule has 0 aliphatic carbocycles. The molecule has 1 aliphatic rings. The summed E-state index contributed by atoms with van der Waals surface area (Å²) < 4.78 is 7.34. The summed E-state index contributed by atoms with van der Waals surface area (Å²) in [6.45, 7) is 6.71. The first-order chi connectivity index (χ1) is 13.3. The van der Waals surface area contributed by atoms with Gasteiger partial charge in [0.1, 0.15) is 11.5 Å². The maximum atomic E-state index is 13.4. The Bertz CT molecular complexity index is 995. The summed E-state index contributed by atoms with van der Waals surface area (Å²) in [7, 11) is 0. The number of pyridine rings is 1. The smallest absolute Gasteiger partial charge is 0.266 e. The molecule has 1 saturated heterocycles. The van der Waals surface area contributed by atoms with Crippen LogP contribution in [0, 0.1) is 0 Å². The van der Waals surface area contributed by atoms with Gasteiger partial charge in [-0.15, -0.1) is 0 Å². The van der Waals surface area contributed by atoms with Gasteiger partial charge in [0, 0.05) is 32.4 Å². The molecule has 3 aromatic rings. The molecule has 0 saturated carbocycles. The van der Waals surface area contributed by atoms with Crippen molar-refractivity contribution in [3.8, 4) is 11.6 Å². The van der Waals surface area contributed by atoms with E-state index in [2.05, 4.69) is 15.2 Å². The number of rotatable bonds is 5. The largest absolute Gasteiger partial charge is 0.476 e. The fourth-order valence-corrected chi connectivity index (χ4v) is 3.40. The standard InChI is InChI=1S/C20H23N5O2/c1-2-27-19-17(8-5-9-22-19)25-18(14-24-12-10-21-11-13-24)23-16-7-4-3-6-15(16)20(25)26/h3-9,21H,2,10-14H2,1H3. The van der Waals surface area contributed by atoms with E-state index in [-0.39, 0.29) is 5.56 Å². The lowest BCUT2D eigenvalue weighted by molar-refractivity contribution is 0.226. The van der Waals surface area contributed by atoms with Crippen molar-refractivity contribution in [3.05, 3.63) is 58.8 Å². The minimum absolute atomic E-state index is 0.0975. The highest BCUT2D eigenvalue weighted by atomic mass is 16.5. The Kier molecular flexibility index (Phi) is 5.13. The van der Waals surface area contributed by atoms with Crippen molar-refractivity contribution >= 4 is 10.9 Å². The normalized spacial score (nSPS) is 15.1. The summed E-state index contributed by atoms with van der Waals surface area (Å²) in [5.41, 5.74) is 1.25. The molecule has 1 N–H and O–H groups in total. The van der Waals surface area contributed by atoms with Crippen molar-refractivity contribution < 1.29 is 4.74 Å². The third kappa shape index (κ3) is 3.56.